The third-order valence-electron chi connectivity index (χ3n) is 2.81. The fourth-order valence-electron chi connectivity index (χ4n) is 1.63. The molecule has 0 aliphatic rings. The van der Waals surface area contributed by atoms with Gasteiger partial charge in [0.1, 0.15) is 4.88 Å². The zero-order valence-corrected chi connectivity index (χ0v) is 14.4. The van der Waals surface area contributed by atoms with Crippen molar-refractivity contribution in [1.29, 1.82) is 0 Å². The van der Waals surface area contributed by atoms with E-state index in [0.29, 0.717) is 22.0 Å². The van der Waals surface area contributed by atoms with Crippen LogP contribution in [0.4, 0.5) is 10.7 Å². The largest absolute Gasteiger partial charge is 0.448 e. The van der Waals surface area contributed by atoms with Crippen LogP contribution in [-0.4, -0.2) is 22.9 Å². The van der Waals surface area contributed by atoms with Gasteiger partial charge < -0.3 is 10.1 Å². The molecule has 126 valence electrons. The van der Waals surface area contributed by atoms with Crippen LogP contribution in [0, 0.1) is 10.1 Å². The van der Waals surface area contributed by atoms with Crippen LogP contribution in [0.25, 0.3) is 0 Å². The molecule has 24 heavy (non-hydrogen) atoms. The lowest BCUT2D eigenvalue weighted by atomic mass is 10.3. The molecule has 0 unspecified atom stereocenters. The average molecular weight is 389 g/mol. The van der Waals surface area contributed by atoms with E-state index in [1.807, 2.05) is 0 Å². The van der Waals surface area contributed by atoms with Gasteiger partial charge >= 0.3 is 11.0 Å². The number of carbonyl (C=O) groups excluding carboxylic acids is 2. The second-order valence-electron chi connectivity index (χ2n) is 4.56. The molecule has 1 aromatic carbocycles. The van der Waals surface area contributed by atoms with Gasteiger partial charge in [0.15, 0.2) is 6.10 Å². The number of nitrogens with zero attached hydrogens (tertiary/aromatic N) is 1. The van der Waals surface area contributed by atoms with Crippen molar-refractivity contribution in [3.63, 3.8) is 0 Å². The lowest BCUT2D eigenvalue weighted by Crippen LogP contribution is -2.29. The molecule has 0 aliphatic heterocycles. The minimum absolute atomic E-state index is 0.0332. The standard InChI is InChI=1S/C14H10Cl2N2O5S/c1-7(13(19)17-10-3-2-8(15)6-9(10)16)23-14(20)11-4-5-12(24-11)18(21)22/h2-7H,1H3,(H,17,19)/t7-/m0/s1. The Morgan fingerprint density at radius 3 is 2.58 bits per heavy atom. The van der Waals surface area contributed by atoms with Gasteiger partial charge in [0.2, 0.25) is 0 Å². The molecule has 0 radical (unpaired) electrons. The molecule has 1 atom stereocenters. The van der Waals surface area contributed by atoms with Crippen molar-refractivity contribution < 1.29 is 19.2 Å². The molecule has 0 saturated carbocycles. The number of esters is 1. The minimum atomic E-state index is -1.12. The van der Waals surface area contributed by atoms with E-state index in [1.165, 1.54) is 31.2 Å². The maximum Gasteiger partial charge on any atom is 0.349 e. The second-order valence-corrected chi connectivity index (χ2v) is 6.46. The minimum Gasteiger partial charge on any atom is -0.448 e. The zero-order valence-electron chi connectivity index (χ0n) is 12.1. The summed E-state index contributed by atoms with van der Waals surface area (Å²) in [6.45, 7) is 1.37. The van der Waals surface area contributed by atoms with Crippen LogP contribution < -0.4 is 5.32 Å². The summed E-state index contributed by atoms with van der Waals surface area (Å²) in [6.07, 6.45) is -1.12. The van der Waals surface area contributed by atoms with E-state index in [2.05, 4.69) is 5.32 Å². The predicted octanol–water partition coefficient (Wildman–Crippen LogP) is 4.15. The number of amides is 1. The summed E-state index contributed by atoms with van der Waals surface area (Å²) in [5, 5.41) is 13.6. The van der Waals surface area contributed by atoms with Crippen LogP contribution in [0.2, 0.25) is 10.0 Å². The van der Waals surface area contributed by atoms with Crippen LogP contribution in [0.1, 0.15) is 16.6 Å². The number of thiophene rings is 1. The van der Waals surface area contributed by atoms with Crippen molar-refractivity contribution in [3.8, 4) is 0 Å². The van der Waals surface area contributed by atoms with Gasteiger partial charge in [0.05, 0.1) is 15.6 Å². The summed E-state index contributed by atoms with van der Waals surface area (Å²) in [6, 6.07) is 6.98. The van der Waals surface area contributed by atoms with Crippen LogP contribution in [0.5, 0.6) is 0 Å². The number of anilines is 1. The number of halogens is 2. The van der Waals surface area contributed by atoms with Gasteiger partial charge in [-0.05, 0) is 31.2 Å². The van der Waals surface area contributed by atoms with E-state index in [-0.39, 0.29) is 14.9 Å². The Hall–Kier alpha value is -2.16. The SMILES string of the molecule is C[C@H](OC(=O)c1ccc([N+](=O)[O-])s1)C(=O)Nc1ccc(Cl)cc1Cl. The Morgan fingerprint density at radius 2 is 2.00 bits per heavy atom. The summed E-state index contributed by atoms with van der Waals surface area (Å²) in [5.41, 5.74) is 0.320. The molecule has 1 N–H and O–H groups in total. The van der Waals surface area contributed by atoms with Crippen molar-refractivity contribution >= 4 is 57.1 Å². The maximum absolute atomic E-state index is 12.0. The number of benzene rings is 1. The molecule has 0 fully saturated rings. The highest BCUT2D eigenvalue weighted by atomic mass is 35.5. The van der Waals surface area contributed by atoms with Crippen LogP contribution in [0.3, 0.4) is 0 Å². The highest BCUT2D eigenvalue weighted by molar-refractivity contribution is 7.17. The summed E-state index contributed by atoms with van der Waals surface area (Å²) >= 11 is 12.4. The Morgan fingerprint density at radius 1 is 1.29 bits per heavy atom. The van der Waals surface area contributed by atoms with Crippen LogP contribution in [-0.2, 0) is 9.53 Å². The van der Waals surface area contributed by atoms with Crippen LogP contribution >= 0.6 is 34.5 Å². The fourth-order valence-corrected chi connectivity index (χ4v) is 2.79. The quantitative estimate of drug-likeness (QED) is 0.471. The third-order valence-corrected chi connectivity index (χ3v) is 4.38. The van der Waals surface area contributed by atoms with E-state index in [9.17, 15) is 19.7 Å². The zero-order chi connectivity index (χ0) is 17.9. The Labute approximate surface area is 150 Å². The summed E-state index contributed by atoms with van der Waals surface area (Å²) < 4.78 is 4.99. The van der Waals surface area contributed by atoms with Gasteiger partial charge in [-0.25, -0.2) is 4.79 Å². The highest BCUT2D eigenvalue weighted by Gasteiger charge is 2.22. The lowest BCUT2D eigenvalue weighted by Gasteiger charge is -2.13. The number of ether oxygens (including phenoxy) is 1. The summed E-state index contributed by atoms with van der Waals surface area (Å²) in [5.74, 6) is -1.42. The van der Waals surface area contributed by atoms with Crippen molar-refractivity contribution in [3.05, 3.63) is 55.4 Å². The number of rotatable bonds is 5. The average Bonchev–Trinajstić information content (AvgIpc) is 3.00. The van der Waals surface area contributed by atoms with Crippen molar-refractivity contribution in [2.75, 3.05) is 5.32 Å². The Bertz CT molecular complexity index is 808. The Balaban J connectivity index is 2.00. The highest BCUT2D eigenvalue weighted by Crippen LogP contribution is 2.26. The number of nitrogens with one attached hydrogen (secondary N) is 1. The van der Waals surface area contributed by atoms with Gasteiger partial charge in [0.25, 0.3) is 5.91 Å². The molecule has 2 aromatic rings. The molecule has 0 aliphatic carbocycles. The smallest absolute Gasteiger partial charge is 0.349 e. The van der Waals surface area contributed by atoms with E-state index in [1.54, 1.807) is 6.07 Å². The van der Waals surface area contributed by atoms with E-state index >= 15 is 0 Å². The van der Waals surface area contributed by atoms with Crippen molar-refractivity contribution in [1.82, 2.24) is 0 Å². The fraction of sp³-hybridized carbons (Fsp3) is 0.143. The first kappa shape index (κ1) is 18.2. The first-order chi connectivity index (χ1) is 11.3. The second kappa shape index (κ2) is 7.61. The summed E-state index contributed by atoms with van der Waals surface area (Å²) in [7, 11) is 0. The van der Waals surface area contributed by atoms with Crippen molar-refractivity contribution in [2.24, 2.45) is 0 Å². The lowest BCUT2D eigenvalue weighted by molar-refractivity contribution is -0.380. The molecule has 0 saturated heterocycles. The van der Waals surface area contributed by atoms with E-state index < -0.39 is 22.9 Å². The van der Waals surface area contributed by atoms with Gasteiger partial charge in [-0.2, -0.15) is 0 Å². The molecule has 2 rings (SSSR count). The van der Waals surface area contributed by atoms with Gasteiger partial charge in [-0.3, -0.25) is 14.9 Å². The molecule has 0 spiro atoms. The third kappa shape index (κ3) is 4.44. The monoisotopic (exact) mass is 388 g/mol. The van der Waals surface area contributed by atoms with E-state index in [4.69, 9.17) is 27.9 Å². The molecular weight excluding hydrogens is 379 g/mol. The Kier molecular flexibility index (Phi) is 5.76. The molecule has 1 amide bonds. The molecule has 1 aromatic heterocycles. The normalized spacial score (nSPS) is 11.6. The topological polar surface area (TPSA) is 98.5 Å². The molecule has 0 bridgehead atoms. The number of carbonyl (C=O) groups is 2. The molecule has 1 heterocycles. The predicted molar refractivity (Wildman–Crippen MR) is 90.9 cm³/mol. The first-order valence-electron chi connectivity index (χ1n) is 6.49. The maximum atomic E-state index is 12.0. The molecule has 7 nitrogen and oxygen atoms in total. The summed E-state index contributed by atoms with van der Waals surface area (Å²) in [4.78, 5) is 34.0. The van der Waals surface area contributed by atoms with Crippen molar-refractivity contribution in [2.45, 2.75) is 13.0 Å². The number of hydrogen-bond donors (Lipinski definition) is 1. The van der Waals surface area contributed by atoms with E-state index in [0.717, 1.165) is 0 Å². The van der Waals surface area contributed by atoms with Gasteiger partial charge in [-0.1, -0.05) is 34.5 Å². The first-order valence-corrected chi connectivity index (χ1v) is 8.06. The van der Waals surface area contributed by atoms with Crippen LogP contribution in [0.15, 0.2) is 30.3 Å². The number of hydrogen-bond acceptors (Lipinski definition) is 6. The number of nitro groups is 1. The molecular formula is C14H10Cl2N2O5S. The molecule has 10 heteroatoms. The van der Waals surface area contributed by atoms with Gasteiger partial charge in [0, 0.05) is 11.1 Å². The van der Waals surface area contributed by atoms with Gasteiger partial charge in [-0.15, -0.1) is 0 Å².